The summed E-state index contributed by atoms with van der Waals surface area (Å²) in [5.74, 6) is -0.380. The van der Waals surface area contributed by atoms with Crippen LogP contribution in [0.4, 0.5) is 0 Å². The lowest BCUT2D eigenvalue weighted by Crippen LogP contribution is -2.16. The largest absolute Gasteiger partial charge is 0.366 e. The van der Waals surface area contributed by atoms with Crippen LogP contribution in [0.2, 0.25) is 0 Å². The minimum absolute atomic E-state index is 0.380. The van der Waals surface area contributed by atoms with Crippen molar-refractivity contribution in [2.45, 2.75) is 64.8 Å². The molecule has 1 aliphatic rings. The molecule has 0 radical (unpaired) electrons. The molecule has 136 valence electrons. The molecule has 0 saturated heterocycles. The lowest BCUT2D eigenvalue weighted by Gasteiger charge is -2.25. The van der Waals surface area contributed by atoms with E-state index in [2.05, 4.69) is 17.6 Å². The van der Waals surface area contributed by atoms with Gasteiger partial charge in [-0.2, -0.15) is 5.26 Å². The van der Waals surface area contributed by atoms with Gasteiger partial charge in [0.15, 0.2) is 0 Å². The average molecular weight is 349 g/mol. The van der Waals surface area contributed by atoms with E-state index >= 15 is 0 Å². The highest BCUT2D eigenvalue weighted by Gasteiger charge is 2.26. The Balaban J connectivity index is 2.11. The van der Waals surface area contributed by atoms with Gasteiger partial charge in [0.2, 0.25) is 0 Å². The zero-order chi connectivity index (χ0) is 18.7. The minimum atomic E-state index is -0.380. The van der Waals surface area contributed by atoms with Gasteiger partial charge >= 0.3 is 0 Å². The van der Waals surface area contributed by atoms with Gasteiger partial charge in [0.25, 0.3) is 5.91 Å². The van der Waals surface area contributed by atoms with Crippen LogP contribution in [0.15, 0.2) is 24.3 Å². The lowest BCUT2D eigenvalue weighted by molar-refractivity contribution is 0.1000. The van der Waals surface area contributed by atoms with Gasteiger partial charge in [0.1, 0.15) is 0 Å². The molecule has 3 rings (SSSR count). The van der Waals surface area contributed by atoms with Gasteiger partial charge in [-0.1, -0.05) is 44.2 Å². The zero-order valence-corrected chi connectivity index (χ0v) is 15.7. The van der Waals surface area contributed by atoms with Gasteiger partial charge in [-0.3, -0.25) is 4.79 Å². The Bertz CT molecular complexity index is 832. The van der Waals surface area contributed by atoms with Crippen LogP contribution >= 0.6 is 0 Å². The number of amides is 1. The van der Waals surface area contributed by atoms with Gasteiger partial charge < -0.3 is 10.3 Å². The third-order valence-corrected chi connectivity index (χ3v) is 5.69. The molecule has 1 aromatic carbocycles. The van der Waals surface area contributed by atoms with Gasteiger partial charge in [-0.15, -0.1) is 0 Å². The van der Waals surface area contributed by atoms with E-state index in [-0.39, 0.29) is 5.91 Å². The van der Waals surface area contributed by atoms with E-state index in [4.69, 9.17) is 11.0 Å². The van der Waals surface area contributed by atoms with Gasteiger partial charge in [0.05, 0.1) is 17.2 Å². The normalized spacial score (nSPS) is 15.9. The molecule has 2 N–H and O–H groups in total. The van der Waals surface area contributed by atoms with E-state index < -0.39 is 0 Å². The summed E-state index contributed by atoms with van der Waals surface area (Å²) in [5.41, 5.74) is 10.9. The number of nitrogens with zero attached hydrogens (tertiary/aromatic N) is 2. The molecule has 1 fully saturated rings. The van der Waals surface area contributed by atoms with E-state index in [1.807, 2.05) is 19.1 Å². The highest BCUT2D eigenvalue weighted by atomic mass is 16.1. The van der Waals surface area contributed by atoms with E-state index in [1.54, 1.807) is 12.1 Å². The van der Waals surface area contributed by atoms with Crippen LogP contribution in [0, 0.1) is 25.2 Å². The van der Waals surface area contributed by atoms with Gasteiger partial charge in [-0.05, 0) is 44.4 Å². The minimum Gasteiger partial charge on any atom is -0.366 e. The smallest absolute Gasteiger partial charge is 0.251 e. The molecule has 4 heteroatoms. The fraction of sp³-hybridized carbons (Fsp3) is 0.455. The SMILES string of the molecule is Cc1c(C(N)=O)c(-c2ccc(C#N)cc2)c(C)n1C1CCCCCCC1. The van der Waals surface area contributed by atoms with Crippen molar-refractivity contribution < 1.29 is 4.79 Å². The van der Waals surface area contributed by atoms with Crippen molar-refractivity contribution in [3.05, 3.63) is 46.8 Å². The monoisotopic (exact) mass is 349 g/mol. The van der Waals surface area contributed by atoms with Crippen LogP contribution in [0.1, 0.15) is 78.3 Å². The number of aromatic nitrogens is 1. The first-order valence-corrected chi connectivity index (χ1v) is 9.56. The van der Waals surface area contributed by atoms with Crippen LogP contribution < -0.4 is 5.73 Å². The molecule has 1 aliphatic carbocycles. The molecule has 2 aromatic rings. The molecule has 1 aromatic heterocycles. The van der Waals surface area contributed by atoms with Crippen LogP contribution in [0.5, 0.6) is 0 Å². The number of carbonyl (C=O) groups is 1. The second kappa shape index (κ2) is 7.78. The first-order valence-electron chi connectivity index (χ1n) is 9.56. The van der Waals surface area contributed by atoms with Crippen molar-refractivity contribution in [3.8, 4) is 17.2 Å². The Kier molecular flexibility index (Phi) is 5.46. The Labute approximate surface area is 155 Å². The van der Waals surface area contributed by atoms with Crippen LogP contribution in [0.25, 0.3) is 11.1 Å². The summed E-state index contributed by atoms with van der Waals surface area (Å²) in [6.45, 7) is 4.10. The number of carbonyl (C=O) groups excluding carboxylic acids is 1. The predicted molar refractivity (Wildman–Crippen MR) is 104 cm³/mol. The zero-order valence-electron chi connectivity index (χ0n) is 15.7. The van der Waals surface area contributed by atoms with Crippen LogP contribution in [-0.2, 0) is 0 Å². The summed E-state index contributed by atoms with van der Waals surface area (Å²) in [6, 6.07) is 9.98. The van der Waals surface area contributed by atoms with Crippen molar-refractivity contribution in [3.63, 3.8) is 0 Å². The molecule has 0 bridgehead atoms. The van der Waals surface area contributed by atoms with E-state index in [1.165, 1.54) is 32.1 Å². The summed E-state index contributed by atoms with van der Waals surface area (Å²) in [7, 11) is 0. The average Bonchev–Trinajstić information content (AvgIpc) is 2.86. The predicted octanol–water partition coefficient (Wildman–Crippen LogP) is 5.03. The van der Waals surface area contributed by atoms with Crippen molar-refractivity contribution in [2.75, 3.05) is 0 Å². The number of hydrogen-bond donors (Lipinski definition) is 1. The first-order chi connectivity index (χ1) is 12.5. The van der Waals surface area contributed by atoms with Crippen LogP contribution in [-0.4, -0.2) is 10.5 Å². The molecule has 0 unspecified atom stereocenters. The third-order valence-electron chi connectivity index (χ3n) is 5.69. The van der Waals surface area contributed by atoms with Gasteiger partial charge in [-0.25, -0.2) is 0 Å². The number of nitrogens with two attached hydrogens (primary N) is 1. The highest BCUT2D eigenvalue weighted by molar-refractivity contribution is 6.02. The topological polar surface area (TPSA) is 71.8 Å². The summed E-state index contributed by atoms with van der Waals surface area (Å²) >= 11 is 0. The third kappa shape index (κ3) is 3.39. The summed E-state index contributed by atoms with van der Waals surface area (Å²) in [4.78, 5) is 12.3. The van der Waals surface area contributed by atoms with Crippen molar-refractivity contribution >= 4 is 5.91 Å². The molecule has 4 nitrogen and oxygen atoms in total. The summed E-state index contributed by atoms with van der Waals surface area (Å²) in [6.07, 6.45) is 8.70. The maximum absolute atomic E-state index is 12.3. The number of primary amides is 1. The fourth-order valence-electron chi connectivity index (χ4n) is 4.46. The van der Waals surface area contributed by atoms with Gasteiger partial charge in [0, 0.05) is 23.0 Å². The van der Waals surface area contributed by atoms with E-state index in [9.17, 15) is 4.79 Å². The van der Waals surface area contributed by atoms with Crippen LogP contribution in [0.3, 0.4) is 0 Å². The molecule has 0 atom stereocenters. The number of hydrogen-bond acceptors (Lipinski definition) is 2. The fourth-order valence-corrected chi connectivity index (χ4v) is 4.46. The Morgan fingerprint density at radius 1 is 1.04 bits per heavy atom. The number of nitriles is 1. The second-order valence-electron chi connectivity index (χ2n) is 7.34. The molecular weight excluding hydrogens is 322 g/mol. The maximum Gasteiger partial charge on any atom is 0.251 e. The Hall–Kier alpha value is -2.54. The Morgan fingerprint density at radius 2 is 1.62 bits per heavy atom. The standard InChI is InChI=1S/C22H27N3O/c1-15-20(18-12-10-17(14-23)11-13-18)21(22(24)26)16(2)25(15)19-8-6-4-3-5-7-9-19/h10-13,19H,3-9H2,1-2H3,(H2,24,26). The maximum atomic E-state index is 12.3. The molecule has 1 heterocycles. The second-order valence-corrected chi connectivity index (χ2v) is 7.34. The summed E-state index contributed by atoms with van der Waals surface area (Å²) in [5, 5.41) is 9.04. The number of rotatable bonds is 3. The van der Waals surface area contributed by atoms with E-state index in [0.29, 0.717) is 17.2 Å². The molecule has 1 amide bonds. The Morgan fingerprint density at radius 3 is 2.15 bits per heavy atom. The van der Waals surface area contributed by atoms with Crippen molar-refractivity contribution in [1.29, 1.82) is 5.26 Å². The summed E-state index contributed by atoms with van der Waals surface area (Å²) < 4.78 is 2.35. The highest BCUT2D eigenvalue weighted by Crippen LogP contribution is 2.37. The first kappa shape index (κ1) is 18.3. The molecular formula is C22H27N3O. The van der Waals surface area contributed by atoms with E-state index in [0.717, 1.165) is 35.4 Å². The van der Waals surface area contributed by atoms with Crippen molar-refractivity contribution in [2.24, 2.45) is 5.73 Å². The number of benzene rings is 1. The lowest BCUT2D eigenvalue weighted by atomic mass is 9.96. The molecule has 0 aliphatic heterocycles. The molecule has 0 spiro atoms. The van der Waals surface area contributed by atoms with Crippen molar-refractivity contribution in [1.82, 2.24) is 4.57 Å². The molecule has 1 saturated carbocycles. The molecule has 26 heavy (non-hydrogen) atoms. The quantitative estimate of drug-likeness (QED) is 0.844.